The summed E-state index contributed by atoms with van der Waals surface area (Å²) in [6, 6.07) is 16.5. The van der Waals surface area contributed by atoms with Crippen LogP contribution >= 0.6 is 0 Å². The van der Waals surface area contributed by atoms with Gasteiger partial charge in [0.15, 0.2) is 0 Å². The van der Waals surface area contributed by atoms with Gasteiger partial charge in [-0.25, -0.2) is 9.97 Å². The molecule has 8 heteroatoms. The van der Waals surface area contributed by atoms with Crippen molar-refractivity contribution < 1.29 is 13.2 Å². The van der Waals surface area contributed by atoms with E-state index < -0.39 is 11.7 Å². The molecule has 2 N–H and O–H groups in total. The number of hydrogen-bond acceptors (Lipinski definition) is 5. The molecule has 2 heterocycles. The van der Waals surface area contributed by atoms with Crippen LogP contribution in [0.15, 0.2) is 67.0 Å². The summed E-state index contributed by atoms with van der Waals surface area (Å²) < 4.78 is 38.8. The van der Waals surface area contributed by atoms with Gasteiger partial charge in [-0.15, -0.1) is 0 Å². The molecule has 190 valence electrons. The minimum absolute atomic E-state index is 0.239. The van der Waals surface area contributed by atoms with Crippen LogP contribution in [-0.4, -0.2) is 41.2 Å². The molecule has 0 bridgehead atoms. The molecule has 3 aromatic rings. The highest BCUT2D eigenvalue weighted by molar-refractivity contribution is 5.61. The van der Waals surface area contributed by atoms with Crippen molar-refractivity contribution in [3.05, 3.63) is 72.6 Å². The second-order valence-corrected chi connectivity index (χ2v) is 9.80. The third kappa shape index (κ3) is 5.98. The van der Waals surface area contributed by atoms with Crippen LogP contribution in [0.2, 0.25) is 0 Å². The lowest BCUT2D eigenvalue weighted by atomic mass is 9.89. The Kier molecular flexibility index (Phi) is 7.41. The fourth-order valence-corrected chi connectivity index (χ4v) is 5.36. The molecule has 1 aliphatic heterocycles. The van der Waals surface area contributed by atoms with E-state index >= 15 is 0 Å². The van der Waals surface area contributed by atoms with Gasteiger partial charge in [-0.2, -0.15) is 13.2 Å². The summed E-state index contributed by atoms with van der Waals surface area (Å²) in [5.41, 5.74) is 2.33. The van der Waals surface area contributed by atoms with E-state index in [9.17, 15) is 13.2 Å². The highest BCUT2D eigenvalue weighted by Gasteiger charge is 2.32. The van der Waals surface area contributed by atoms with Gasteiger partial charge in [0.1, 0.15) is 0 Å². The molecule has 0 unspecified atom stereocenters. The van der Waals surface area contributed by atoms with Crippen LogP contribution in [0.4, 0.5) is 24.8 Å². The minimum Gasteiger partial charge on any atom is -0.370 e. The van der Waals surface area contributed by atoms with Gasteiger partial charge < -0.3 is 15.5 Å². The Morgan fingerprint density at radius 2 is 1.47 bits per heavy atom. The summed E-state index contributed by atoms with van der Waals surface area (Å²) in [6.45, 7) is 1.65. The summed E-state index contributed by atoms with van der Waals surface area (Å²) in [4.78, 5) is 11.3. The fraction of sp³-hybridized carbons (Fsp3) is 0.429. The third-order valence-electron chi connectivity index (χ3n) is 7.27. The molecule has 36 heavy (non-hydrogen) atoms. The van der Waals surface area contributed by atoms with E-state index in [1.165, 1.54) is 25.0 Å². The minimum atomic E-state index is -4.31. The standard InChI is InChI=1S/C28H32F3N5/c29-28(30,31)22-12-14-24(15-13-22)36-16-6-9-23(19-36)34-25-10-4-5-11-26(25)35-27-32-17-21(18-33-27)20-7-2-1-3-8-20/h1-3,7-8,12-15,17-18,23,25-26,34H,4-6,9-11,16,19H2,(H,32,33,35)/t23-,25+,26+/m0/s1. The van der Waals surface area contributed by atoms with Gasteiger partial charge in [0, 0.05) is 54.9 Å². The van der Waals surface area contributed by atoms with Crippen molar-refractivity contribution in [3.63, 3.8) is 0 Å². The molecule has 1 saturated carbocycles. The predicted octanol–water partition coefficient (Wildman–Crippen LogP) is 6.14. The van der Waals surface area contributed by atoms with Crippen molar-refractivity contribution in [2.45, 2.75) is 62.8 Å². The lowest BCUT2D eigenvalue weighted by Gasteiger charge is -2.40. The second kappa shape index (κ2) is 10.9. The number of hydrogen-bond donors (Lipinski definition) is 2. The van der Waals surface area contributed by atoms with Crippen LogP contribution in [0.5, 0.6) is 0 Å². The number of nitrogens with zero attached hydrogens (tertiary/aromatic N) is 3. The first-order valence-electron chi connectivity index (χ1n) is 12.8. The number of nitrogens with one attached hydrogen (secondary N) is 2. The van der Waals surface area contributed by atoms with Crippen LogP contribution in [-0.2, 0) is 6.18 Å². The monoisotopic (exact) mass is 495 g/mol. The number of aromatic nitrogens is 2. The Morgan fingerprint density at radius 1 is 0.778 bits per heavy atom. The first-order chi connectivity index (χ1) is 17.5. The largest absolute Gasteiger partial charge is 0.416 e. The Hall–Kier alpha value is -3.13. The Bertz CT molecular complexity index is 1100. The molecular weight excluding hydrogens is 463 g/mol. The lowest BCUT2D eigenvalue weighted by Crippen LogP contribution is -2.55. The number of rotatable bonds is 6. The van der Waals surface area contributed by atoms with Crippen molar-refractivity contribution in [2.24, 2.45) is 0 Å². The first kappa shape index (κ1) is 24.6. The van der Waals surface area contributed by atoms with E-state index in [0.717, 1.165) is 55.6 Å². The van der Waals surface area contributed by atoms with E-state index in [1.807, 2.05) is 42.7 Å². The molecule has 1 saturated heterocycles. The highest BCUT2D eigenvalue weighted by Crippen LogP contribution is 2.31. The smallest absolute Gasteiger partial charge is 0.370 e. The van der Waals surface area contributed by atoms with Gasteiger partial charge in [0.05, 0.1) is 5.56 Å². The second-order valence-electron chi connectivity index (χ2n) is 9.80. The predicted molar refractivity (Wildman–Crippen MR) is 137 cm³/mol. The van der Waals surface area contributed by atoms with E-state index in [0.29, 0.717) is 12.0 Å². The number of halogens is 3. The topological polar surface area (TPSA) is 53.1 Å². The van der Waals surface area contributed by atoms with Gasteiger partial charge in [-0.05, 0) is 55.5 Å². The Balaban J connectivity index is 1.20. The third-order valence-corrected chi connectivity index (χ3v) is 7.27. The van der Waals surface area contributed by atoms with Crippen LogP contribution in [0.1, 0.15) is 44.1 Å². The number of piperidine rings is 1. The zero-order valence-corrected chi connectivity index (χ0v) is 20.2. The summed E-state index contributed by atoms with van der Waals surface area (Å²) in [5, 5.41) is 7.42. The summed E-state index contributed by atoms with van der Waals surface area (Å²) in [7, 11) is 0. The van der Waals surface area contributed by atoms with Gasteiger partial charge in [0.25, 0.3) is 0 Å². The highest BCUT2D eigenvalue weighted by atomic mass is 19.4. The van der Waals surface area contributed by atoms with Crippen molar-refractivity contribution in [3.8, 4) is 11.1 Å². The SMILES string of the molecule is FC(F)(F)c1ccc(N2CCC[C@H](N[C@@H]3CCCC[C@H]3Nc3ncc(-c4ccccc4)cn3)C2)cc1. The Morgan fingerprint density at radius 3 is 2.17 bits per heavy atom. The average Bonchev–Trinajstić information content (AvgIpc) is 2.90. The van der Waals surface area contributed by atoms with Crippen LogP contribution in [0, 0.1) is 0 Å². The fourth-order valence-electron chi connectivity index (χ4n) is 5.36. The number of anilines is 2. The molecule has 0 radical (unpaired) electrons. The molecule has 3 atom stereocenters. The van der Waals surface area contributed by atoms with Crippen molar-refractivity contribution in [1.82, 2.24) is 15.3 Å². The van der Waals surface area contributed by atoms with Gasteiger partial charge in [0.2, 0.25) is 5.95 Å². The number of alkyl halides is 3. The van der Waals surface area contributed by atoms with E-state index in [4.69, 9.17) is 0 Å². The molecule has 0 amide bonds. The normalized spacial score (nSPS) is 22.9. The molecule has 0 spiro atoms. The van der Waals surface area contributed by atoms with E-state index in [1.54, 1.807) is 12.1 Å². The Labute approximate surface area is 210 Å². The molecule has 5 rings (SSSR count). The van der Waals surface area contributed by atoms with Gasteiger partial charge >= 0.3 is 6.18 Å². The first-order valence-corrected chi connectivity index (χ1v) is 12.8. The van der Waals surface area contributed by atoms with Gasteiger partial charge in [-0.1, -0.05) is 43.2 Å². The molecule has 5 nitrogen and oxygen atoms in total. The maximum absolute atomic E-state index is 12.9. The van der Waals surface area contributed by atoms with Crippen LogP contribution in [0.3, 0.4) is 0 Å². The van der Waals surface area contributed by atoms with Crippen LogP contribution in [0.25, 0.3) is 11.1 Å². The van der Waals surface area contributed by atoms with Crippen LogP contribution < -0.4 is 15.5 Å². The molecule has 2 aliphatic rings. The summed E-state index contributed by atoms with van der Waals surface area (Å²) in [6.07, 6.45) is 5.96. The molecule has 1 aliphatic carbocycles. The molecule has 2 aromatic carbocycles. The maximum atomic E-state index is 12.9. The molecular formula is C28H32F3N5. The van der Waals surface area contributed by atoms with Gasteiger partial charge in [-0.3, -0.25) is 0 Å². The lowest BCUT2D eigenvalue weighted by molar-refractivity contribution is -0.137. The average molecular weight is 496 g/mol. The zero-order chi connectivity index (χ0) is 25.0. The summed E-state index contributed by atoms with van der Waals surface area (Å²) in [5.74, 6) is 0.642. The summed E-state index contributed by atoms with van der Waals surface area (Å²) >= 11 is 0. The molecule has 2 fully saturated rings. The van der Waals surface area contributed by atoms with Crippen molar-refractivity contribution in [1.29, 1.82) is 0 Å². The maximum Gasteiger partial charge on any atom is 0.416 e. The number of benzene rings is 2. The quantitative estimate of drug-likeness (QED) is 0.430. The van der Waals surface area contributed by atoms with E-state index in [-0.39, 0.29) is 12.1 Å². The molecule has 1 aromatic heterocycles. The van der Waals surface area contributed by atoms with Crippen molar-refractivity contribution in [2.75, 3.05) is 23.3 Å². The van der Waals surface area contributed by atoms with Crippen molar-refractivity contribution >= 4 is 11.6 Å². The zero-order valence-electron chi connectivity index (χ0n) is 20.2. The van der Waals surface area contributed by atoms with E-state index in [2.05, 4.69) is 25.5 Å².